The molecule has 4 nitrogen and oxygen atoms in total. The van der Waals surface area contributed by atoms with Gasteiger partial charge < -0.3 is 10.5 Å². The molecule has 0 bridgehead atoms. The maximum Gasteiger partial charge on any atom is 0.308 e. The topological polar surface area (TPSA) is 65.2 Å². The van der Waals surface area contributed by atoms with Crippen LogP contribution in [0.5, 0.6) is 5.06 Å². The molecule has 0 spiro atoms. The smallest absolute Gasteiger partial charge is 0.308 e. The molecular weight excluding hydrogens is 260 g/mol. The molecule has 0 fully saturated rings. The fourth-order valence-corrected chi connectivity index (χ4v) is 2.25. The number of carbonyl (C=O) groups excluding carboxylic acids is 1. The minimum Gasteiger partial charge on any atom is -0.411 e. The van der Waals surface area contributed by atoms with Crippen molar-refractivity contribution in [2.45, 2.75) is 6.92 Å². The molecule has 1 aromatic heterocycles. The Labute approximate surface area is 107 Å². The van der Waals surface area contributed by atoms with E-state index in [1.807, 2.05) is 12.1 Å². The van der Waals surface area contributed by atoms with E-state index in [2.05, 4.69) is 4.98 Å². The fraction of sp³-hybridized carbons (Fsp3) is 0.0909. The monoisotopic (exact) mass is 268 g/mol. The van der Waals surface area contributed by atoms with Crippen molar-refractivity contribution in [1.29, 1.82) is 0 Å². The van der Waals surface area contributed by atoms with Crippen molar-refractivity contribution in [3.63, 3.8) is 0 Å². The first kappa shape index (κ1) is 11.9. The summed E-state index contributed by atoms with van der Waals surface area (Å²) in [4.78, 5) is 15.0. The molecule has 88 valence electrons. The van der Waals surface area contributed by atoms with Crippen molar-refractivity contribution in [2.75, 3.05) is 5.73 Å². The van der Waals surface area contributed by atoms with Gasteiger partial charge in [0, 0.05) is 17.5 Å². The van der Waals surface area contributed by atoms with E-state index >= 15 is 0 Å². The minimum atomic E-state index is -0.414. The number of halogens is 1. The molecule has 2 N–H and O–H groups in total. The number of nitrogen functional groups attached to an aromatic ring is 1. The summed E-state index contributed by atoms with van der Waals surface area (Å²) >= 11 is 7.02. The number of hydrogen-bond donors (Lipinski definition) is 1. The zero-order chi connectivity index (χ0) is 12.4. The lowest BCUT2D eigenvalue weighted by Gasteiger charge is -1.95. The number of ether oxygens (including phenoxy) is 1. The van der Waals surface area contributed by atoms with Gasteiger partial charge in [0.25, 0.3) is 0 Å². The minimum absolute atomic E-state index is 0.218. The summed E-state index contributed by atoms with van der Waals surface area (Å²) in [6.45, 7) is 1.32. The van der Waals surface area contributed by atoms with Gasteiger partial charge in [0.2, 0.25) is 5.06 Å². The molecule has 0 aliphatic rings. The summed E-state index contributed by atoms with van der Waals surface area (Å²) < 4.78 is 4.94. The van der Waals surface area contributed by atoms with E-state index in [9.17, 15) is 4.79 Å². The molecule has 17 heavy (non-hydrogen) atoms. The van der Waals surface area contributed by atoms with Crippen molar-refractivity contribution < 1.29 is 9.53 Å². The number of nitrogens with two attached hydrogens (primary N) is 1. The van der Waals surface area contributed by atoms with Crippen LogP contribution in [0.3, 0.4) is 0 Å². The number of benzene rings is 1. The van der Waals surface area contributed by atoms with Gasteiger partial charge in [0.05, 0.1) is 0 Å². The van der Waals surface area contributed by atoms with Crippen molar-refractivity contribution in [3.8, 4) is 15.6 Å². The Kier molecular flexibility index (Phi) is 3.31. The molecule has 0 aliphatic heterocycles. The number of thiazole rings is 1. The molecule has 0 saturated carbocycles. The largest absolute Gasteiger partial charge is 0.411 e. The molecule has 0 saturated heterocycles. The van der Waals surface area contributed by atoms with Crippen LogP contribution in [0.25, 0.3) is 10.6 Å². The highest BCUT2D eigenvalue weighted by Crippen LogP contribution is 2.36. The van der Waals surface area contributed by atoms with Crippen LogP contribution in [0.4, 0.5) is 5.82 Å². The fourth-order valence-electron chi connectivity index (χ4n) is 1.24. The molecule has 1 aromatic carbocycles. The summed E-state index contributed by atoms with van der Waals surface area (Å²) in [5.41, 5.74) is 6.53. The van der Waals surface area contributed by atoms with Gasteiger partial charge in [-0.05, 0) is 12.1 Å². The van der Waals surface area contributed by atoms with E-state index in [4.69, 9.17) is 22.1 Å². The van der Waals surface area contributed by atoms with Crippen molar-refractivity contribution in [1.82, 2.24) is 4.98 Å². The summed E-state index contributed by atoms with van der Waals surface area (Å²) in [6.07, 6.45) is 0. The Morgan fingerprint density at radius 3 is 2.65 bits per heavy atom. The van der Waals surface area contributed by atoms with Gasteiger partial charge in [-0.3, -0.25) is 4.79 Å². The van der Waals surface area contributed by atoms with Crippen LogP contribution in [-0.4, -0.2) is 11.0 Å². The lowest BCUT2D eigenvalue weighted by molar-refractivity contribution is -0.131. The number of rotatable bonds is 2. The number of hydrogen-bond acceptors (Lipinski definition) is 5. The van der Waals surface area contributed by atoms with E-state index in [1.165, 1.54) is 18.3 Å². The number of aromatic nitrogens is 1. The van der Waals surface area contributed by atoms with Crippen LogP contribution in [-0.2, 0) is 4.79 Å². The Morgan fingerprint density at radius 2 is 2.06 bits per heavy atom. The van der Waals surface area contributed by atoms with Gasteiger partial charge in [0.1, 0.15) is 5.01 Å². The van der Waals surface area contributed by atoms with Crippen LogP contribution < -0.4 is 10.5 Å². The predicted octanol–water partition coefficient (Wildman–Crippen LogP) is 2.97. The van der Waals surface area contributed by atoms with Gasteiger partial charge in [-0.1, -0.05) is 35.1 Å². The lowest BCUT2D eigenvalue weighted by atomic mass is 10.2. The molecule has 0 aliphatic carbocycles. The second-order valence-electron chi connectivity index (χ2n) is 3.29. The van der Waals surface area contributed by atoms with Crippen LogP contribution in [0, 0.1) is 0 Å². The zero-order valence-electron chi connectivity index (χ0n) is 8.94. The number of nitrogens with zero attached hydrogens (tertiary/aromatic N) is 1. The first-order valence-electron chi connectivity index (χ1n) is 4.77. The quantitative estimate of drug-likeness (QED) is 0.851. The standard InChI is InChI=1S/C11H9ClN2O2S/c1-6(15)16-11-9(13)14-10(17-11)7-2-4-8(12)5-3-7/h2-5H,13H2,1H3. The third-order valence-electron chi connectivity index (χ3n) is 1.95. The third kappa shape index (κ3) is 2.75. The molecule has 0 unspecified atom stereocenters. The van der Waals surface area contributed by atoms with E-state index in [0.29, 0.717) is 15.1 Å². The Balaban J connectivity index is 2.34. The predicted molar refractivity (Wildman–Crippen MR) is 68.3 cm³/mol. The Morgan fingerprint density at radius 1 is 1.41 bits per heavy atom. The number of anilines is 1. The molecule has 6 heteroatoms. The maximum atomic E-state index is 10.8. The number of esters is 1. The Hall–Kier alpha value is -1.59. The highest BCUT2D eigenvalue weighted by atomic mass is 35.5. The van der Waals surface area contributed by atoms with Crippen LogP contribution in [0.2, 0.25) is 5.02 Å². The van der Waals surface area contributed by atoms with Gasteiger partial charge >= 0.3 is 5.97 Å². The van der Waals surface area contributed by atoms with Crippen molar-refractivity contribution in [2.24, 2.45) is 0 Å². The highest BCUT2D eigenvalue weighted by Gasteiger charge is 2.12. The second-order valence-corrected chi connectivity index (χ2v) is 4.69. The third-order valence-corrected chi connectivity index (χ3v) is 3.20. The van der Waals surface area contributed by atoms with Gasteiger partial charge in [0.15, 0.2) is 5.82 Å². The summed E-state index contributed by atoms with van der Waals surface area (Å²) in [6, 6.07) is 7.19. The molecule has 1 heterocycles. The highest BCUT2D eigenvalue weighted by molar-refractivity contribution is 7.17. The zero-order valence-corrected chi connectivity index (χ0v) is 10.5. The van der Waals surface area contributed by atoms with Crippen LogP contribution >= 0.6 is 22.9 Å². The van der Waals surface area contributed by atoms with E-state index in [1.54, 1.807) is 12.1 Å². The van der Waals surface area contributed by atoms with Gasteiger partial charge in [-0.15, -0.1) is 0 Å². The first-order chi connectivity index (χ1) is 8.06. The molecular formula is C11H9ClN2O2S. The first-order valence-corrected chi connectivity index (χ1v) is 5.96. The molecule has 2 aromatic rings. The summed E-state index contributed by atoms with van der Waals surface area (Å²) in [5, 5.41) is 1.66. The summed E-state index contributed by atoms with van der Waals surface area (Å²) in [5.74, 6) is -0.196. The lowest BCUT2D eigenvalue weighted by Crippen LogP contribution is -2.01. The van der Waals surface area contributed by atoms with E-state index in [0.717, 1.165) is 5.56 Å². The van der Waals surface area contributed by atoms with Gasteiger partial charge in [-0.2, -0.15) is 0 Å². The SMILES string of the molecule is CC(=O)Oc1sc(-c2ccc(Cl)cc2)nc1N. The summed E-state index contributed by atoms with van der Waals surface area (Å²) in [7, 11) is 0. The molecule has 2 rings (SSSR count). The van der Waals surface area contributed by atoms with Crippen molar-refractivity contribution in [3.05, 3.63) is 29.3 Å². The molecule has 0 atom stereocenters. The average Bonchev–Trinajstić information content (AvgIpc) is 2.60. The Bertz CT molecular complexity index is 551. The van der Waals surface area contributed by atoms with Crippen molar-refractivity contribution >= 4 is 34.7 Å². The molecule has 0 amide bonds. The number of carbonyl (C=O) groups is 1. The second kappa shape index (κ2) is 4.73. The maximum absolute atomic E-state index is 10.8. The molecule has 0 radical (unpaired) electrons. The van der Waals surface area contributed by atoms with Crippen LogP contribution in [0.15, 0.2) is 24.3 Å². The van der Waals surface area contributed by atoms with Gasteiger partial charge in [-0.25, -0.2) is 4.98 Å². The van der Waals surface area contributed by atoms with E-state index < -0.39 is 5.97 Å². The van der Waals surface area contributed by atoms with E-state index in [-0.39, 0.29) is 5.82 Å². The normalized spacial score (nSPS) is 10.2. The van der Waals surface area contributed by atoms with Crippen LogP contribution in [0.1, 0.15) is 6.92 Å². The average molecular weight is 269 g/mol.